The second-order valence-electron chi connectivity index (χ2n) is 5.30. The molecule has 2 unspecified atom stereocenters. The Balaban J connectivity index is 1.97. The lowest BCUT2D eigenvalue weighted by Crippen LogP contribution is -2.03. The number of aromatic nitrogens is 4. The highest BCUT2D eigenvalue weighted by Gasteiger charge is 2.64. The fourth-order valence-corrected chi connectivity index (χ4v) is 3.77. The molecule has 0 amide bonds. The van der Waals surface area contributed by atoms with Crippen LogP contribution >= 0.6 is 11.3 Å². The van der Waals surface area contributed by atoms with E-state index in [1.165, 1.54) is 11.3 Å². The lowest BCUT2D eigenvalue weighted by molar-refractivity contribution is -0.139. The van der Waals surface area contributed by atoms with Gasteiger partial charge in [0.1, 0.15) is 11.6 Å². The molecule has 2 aromatic rings. The molecular weight excluding hydrogens is 268 g/mol. The fourth-order valence-electron chi connectivity index (χ4n) is 2.58. The maximum absolute atomic E-state index is 11.2. The summed E-state index contributed by atoms with van der Waals surface area (Å²) in [5.74, 6) is -0.558. The van der Waals surface area contributed by atoms with Crippen LogP contribution < -0.4 is 0 Å². The number of ether oxygens (including phenoxy) is 1. The first-order valence-corrected chi connectivity index (χ1v) is 6.71. The number of nitrogens with zero attached hydrogens (tertiary/aromatic N) is 4. The number of aliphatic carboxylic acids is 1. The molecule has 1 aliphatic carbocycles. The number of fused-ring (bicyclic) bond motifs is 1. The molecule has 1 N–H and O–H groups in total. The van der Waals surface area contributed by atoms with Crippen molar-refractivity contribution in [3.8, 4) is 0 Å². The highest BCUT2D eigenvalue weighted by atomic mass is 32.1. The van der Waals surface area contributed by atoms with Crippen molar-refractivity contribution in [3.63, 3.8) is 0 Å². The number of carbonyl (C=O) groups is 1. The van der Waals surface area contributed by atoms with E-state index in [0.29, 0.717) is 17.4 Å². The summed E-state index contributed by atoms with van der Waals surface area (Å²) in [7, 11) is 1.58. The zero-order valence-corrected chi connectivity index (χ0v) is 11.6. The normalized spacial score (nSPS) is 24.8. The molecule has 3 rings (SSSR count). The molecule has 0 spiro atoms. The summed E-state index contributed by atoms with van der Waals surface area (Å²) in [5, 5.41) is 22.5. The largest absolute Gasteiger partial charge is 0.481 e. The molecular formula is C11H14N4O3S. The molecule has 2 atom stereocenters. The number of carboxylic acids is 1. The minimum atomic E-state index is -0.766. The summed E-state index contributed by atoms with van der Waals surface area (Å²) < 4.78 is 6.66. The standard InChI is InChI=1S/C11H14N4O3S/c1-11(2)6(7(11)9(16)17)8-14-15-5(4-18-3)12-13-10(15)19-8/h6-7H,4H2,1-3H3,(H,16,17). The topological polar surface area (TPSA) is 89.6 Å². The number of methoxy groups -OCH3 is 1. The summed E-state index contributed by atoms with van der Waals surface area (Å²) in [6.45, 7) is 4.24. The second-order valence-corrected chi connectivity index (χ2v) is 6.29. The zero-order valence-electron chi connectivity index (χ0n) is 10.8. The summed E-state index contributed by atoms with van der Waals surface area (Å²) in [4.78, 5) is 11.9. The van der Waals surface area contributed by atoms with Crippen LogP contribution in [0.25, 0.3) is 4.96 Å². The quantitative estimate of drug-likeness (QED) is 0.905. The van der Waals surface area contributed by atoms with Crippen LogP contribution in [0.4, 0.5) is 0 Å². The number of rotatable bonds is 4. The van der Waals surface area contributed by atoms with E-state index in [2.05, 4.69) is 15.3 Å². The zero-order chi connectivity index (χ0) is 13.8. The third-order valence-electron chi connectivity index (χ3n) is 3.70. The highest BCUT2D eigenvalue weighted by molar-refractivity contribution is 7.16. The molecule has 0 radical (unpaired) electrons. The molecule has 2 aromatic heterocycles. The van der Waals surface area contributed by atoms with Crippen LogP contribution in [0.1, 0.15) is 30.6 Å². The van der Waals surface area contributed by atoms with Gasteiger partial charge in [-0.2, -0.15) is 9.61 Å². The van der Waals surface area contributed by atoms with E-state index >= 15 is 0 Å². The predicted molar refractivity (Wildman–Crippen MR) is 67.0 cm³/mol. The van der Waals surface area contributed by atoms with Gasteiger partial charge in [-0.05, 0) is 5.41 Å². The Morgan fingerprint density at radius 2 is 2.26 bits per heavy atom. The van der Waals surface area contributed by atoms with Crippen LogP contribution in [0.3, 0.4) is 0 Å². The van der Waals surface area contributed by atoms with Crippen LogP contribution in [-0.2, 0) is 16.1 Å². The summed E-state index contributed by atoms with van der Waals surface area (Å²) in [6.07, 6.45) is 0. The average Bonchev–Trinajstić information content (AvgIpc) is 2.65. The first-order chi connectivity index (χ1) is 8.96. The van der Waals surface area contributed by atoms with Gasteiger partial charge in [0.05, 0.1) is 5.92 Å². The molecule has 7 nitrogen and oxygen atoms in total. The van der Waals surface area contributed by atoms with E-state index in [9.17, 15) is 9.90 Å². The monoisotopic (exact) mass is 282 g/mol. The molecule has 0 saturated heterocycles. The Kier molecular flexibility index (Phi) is 2.61. The van der Waals surface area contributed by atoms with E-state index in [4.69, 9.17) is 4.74 Å². The molecule has 8 heteroatoms. The molecule has 0 aromatic carbocycles. The van der Waals surface area contributed by atoms with Gasteiger partial charge in [-0.1, -0.05) is 25.2 Å². The minimum absolute atomic E-state index is 0.0490. The van der Waals surface area contributed by atoms with Crippen molar-refractivity contribution in [3.05, 3.63) is 10.8 Å². The number of hydrogen-bond acceptors (Lipinski definition) is 6. The van der Waals surface area contributed by atoms with Crippen molar-refractivity contribution in [2.75, 3.05) is 7.11 Å². The Bertz CT molecular complexity index is 647. The maximum atomic E-state index is 11.2. The van der Waals surface area contributed by atoms with E-state index in [1.807, 2.05) is 13.8 Å². The van der Waals surface area contributed by atoms with Gasteiger partial charge in [0.25, 0.3) is 0 Å². The van der Waals surface area contributed by atoms with Gasteiger partial charge in [0.15, 0.2) is 5.82 Å². The van der Waals surface area contributed by atoms with Crippen LogP contribution in [0.5, 0.6) is 0 Å². The Labute approximate surface area is 113 Å². The molecule has 1 saturated carbocycles. The molecule has 102 valence electrons. The van der Waals surface area contributed by atoms with E-state index in [1.54, 1.807) is 11.6 Å². The molecule has 1 aliphatic rings. The Morgan fingerprint density at radius 3 is 2.84 bits per heavy atom. The van der Waals surface area contributed by atoms with Crippen LogP contribution in [-0.4, -0.2) is 38.0 Å². The SMILES string of the molecule is COCc1nnc2sc(C3C(C(=O)O)C3(C)C)nn12. The Hall–Kier alpha value is -1.54. The lowest BCUT2D eigenvalue weighted by Gasteiger charge is -1.97. The fraction of sp³-hybridized carbons (Fsp3) is 0.636. The van der Waals surface area contributed by atoms with Gasteiger partial charge in [0, 0.05) is 13.0 Å². The van der Waals surface area contributed by atoms with Gasteiger partial charge >= 0.3 is 5.97 Å². The van der Waals surface area contributed by atoms with Crippen LogP contribution in [0.15, 0.2) is 0 Å². The van der Waals surface area contributed by atoms with Crippen molar-refractivity contribution in [1.29, 1.82) is 0 Å². The molecule has 1 fully saturated rings. The van der Waals surface area contributed by atoms with Gasteiger partial charge < -0.3 is 9.84 Å². The summed E-state index contributed by atoms with van der Waals surface area (Å²) in [5.41, 5.74) is -0.253. The van der Waals surface area contributed by atoms with Crippen molar-refractivity contribution in [2.24, 2.45) is 11.3 Å². The van der Waals surface area contributed by atoms with Crippen molar-refractivity contribution < 1.29 is 14.6 Å². The van der Waals surface area contributed by atoms with Crippen molar-refractivity contribution in [1.82, 2.24) is 19.8 Å². The molecule has 2 heterocycles. The summed E-state index contributed by atoms with van der Waals surface area (Å²) >= 11 is 1.40. The van der Waals surface area contributed by atoms with Crippen LogP contribution in [0, 0.1) is 11.3 Å². The Morgan fingerprint density at radius 1 is 1.53 bits per heavy atom. The van der Waals surface area contributed by atoms with Crippen LogP contribution in [0.2, 0.25) is 0 Å². The van der Waals surface area contributed by atoms with E-state index in [-0.39, 0.29) is 17.3 Å². The summed E-state index contributed by atoms with van der Waals surface area (Å²) in [6, 6.07) is 0. The highest BCUT2D eigenvalue weighted by Crippen LogP contribution is 2.64. The third kappa shape index (κ3) is 1.74. The maximum Gasteiger partial charge on any atom is 0.307 e. The molecule has 0 bridgehead atoms. The van der Waals surface area contributed by atoms with Gasteiger partial charge in [-0.3, -0.25) is 4.79 Å². The molecule has 19 heavy (non-hydrogen) atoms. The molecule has 0 aliphatic heterocycles. The lowest BCUT2D eigenvalue weighted by atomic mass is 10.1. The first-order valence-electron chi connectivity index (χ1n) is 5.89. The van der Waals surface area contributed by atoms with E-state index < -0.39 is 5.97 Å². The third-order valence-corrected chi connectivity index (χ3v) is 4.69. The van der Waals surface area contributed by atoms with Gasteiger partial charge in [-0.25, -0.2) is 0 Å². The minimum Gasteiger partial charge on any atom is -0.481 e. The van der Waals surface area contributed by atoms with Crippen molar-refractivity contribution >= 4 is 22.3 Å². The van der Waals surface area contributed by atoms with Crippen molar-refractivity contribution in [2.45, 2.75) is 26.4 Å². The second kappa shape index (κ2) is 3.97. The van der Waals surface area contributed by atoms with E-state index in [0.717, 1.165) is 5.01 Å². The number of hydrogen-bond donors (Lipinski definition) is 1. The smallest absolute Gasteiger partial charge is 0.307 e. The first kappa shape index (κ1) is 12.5. The van der Waals surface area contributed by atoms with Gasteiger partial charge in [-0.15, -0.1) is 10.2 Å². The average molecular weight is 282 g/mol. The number of carboxylic acid groups (broad SMARTS) is 1. The predicted octanol–water partition coefficient (Wildman–Crippen LogP) is 1.16. The van der Waals surface area contributed by atoms with Gasteiger partial charge in [0.2, 0.25) is 4.96 Å².